The van der Waals surface area contributed by atoms with Crippen molar-refractivity contribution in [3.8, 4) is 11.5 Å². The van der Waals surface area contributed by atoms with Gasteiger partial charge in [-0.15, -0.1) is 0 Å². The Bertz CT molecular complexity index is 1390. The van der Waals surface area contributed by atoms with Crippen LogP contribution in [0.4, 0.5) is 17.3 Å². The summed E-state index contributed by atoms with van der Waals surface area (Å²) in [4.78, 5) is 26.0. The molecule has 0 aliphatic carbocycles. The first-order chi connectivity index (χ1) is 18.5. The highest BCUT2D eigenvalue weighted by atomic mass is 16.5. The number of ether oxygens (including phenoxy) is 1. The van der Waals surface area contributed by atoms with Crippen molar-refractivity contribution in [1.29, 1.82) is 0 Å². The molecule has 10 heteroatoms. The number of pyridine rings is 1. The number of hydrogen-bond acceptors (Lipinski definition) is 8. The van der Waals surface area contributed by atoms with E-state index in [-0.39, 0.29) is 5.91 Å². The van der Waals surface area contributed by atoms with Gasteiger partial charge in [0.15, 0.2) is 0 Å². The van der Waals surface area contributed by atoms with E-state index in [1.54, 1.807) is 18.3 Å². The molecular formula is C28H34N8O2. The number of piperazine rings is 1. The van der Waals surface area contributed by atoms with Crippen LogP contribution in [0, 0.1) is 0 Å². The zero-order valence-corrected chi connectivity index (χ0v) is 22.1. The summed E-state index contributed by atoms with van der Waals surface area (Å²) in [5, 5.41) is 9.68. The molecule has 1 aliphatic rings. The van der Waals surface area contributed by atoms with Gasteiger partial charge in [0.2, 0.25) is 5.95 Å². The highest BCUT2D eigenvalue weighted by molar-refractivity contribution is 5.92. The molecule has 0 unspecified atom stereocenters. The van der Waals surface area contributed by atoms with Crippen LogP contribution in [0.5, 0.6) is 11.5 Å². The number of amides is 1. The second kappa shape index (κ2) is 11.5. The number of aromatic nitrogens is 3. The van der Waals surface area contributed by atoms with Crippen molar-refractivity contribution in [3.05, 3.63) is 66.5 Å². The van der Waals surface area contributed by atoms with Crippen LogP contribution >= 0.6 is 0 Å². The Balaban J connectivity index is 1.23. The average molecular weight is 515 g/mol. The number of anilines is 3. The van der Waals surface area contributed by atoms with Gasteiger partial charge in [-0.3, -0.25) is 14.7 Å². The summed E-state index contributed by atoms with van der Waals surface area (Å²) in [5.41, 5.74) is 4.20. The molecule has 3 heterocycles. The number of carbonyl (C=O) groups excluding carboxylic acids is 1. The fraction of sp³-hybridized carbons (Fsp3) is 0.321. The Kier molecular flexibility index (Phi) is 7.71. The maximum absolute atomic E-state index is 12.6. The zero-order chi connectivity index (χ0) is 26.5. The molecule has 0 saturated carbocycles. The van der Waals surface area contributed by atoms with Gasteiger partial charge in [-0.1, -0.05) is 0 Å². The van der Waals surface area contributed by atoms with Crippen LogP contribution in [-0.2, 0) is 7.05 Å². The Morgan fingerprint density at radius 2 is 1.82 bits per heavy atom. The quantitative estimate of drug-likeness (QED) is 0.313. The number of hydrogen-bond donors (Lipinski definition) is 3. The van der Waals surface area contributed by atoms with E-state index < -0.39 is 0 Å². The number of fused-ring (bicyclic) bond motifs is 1. The first-order valence-electron chi connectivity index (χ1n) is 12.8. The number of imidazole rings is 1. The Morgan fingerprint density at radius 1 is 1.05 bits per heavy atom. The van der Waals surface area contributed by atoms with E-state index in [0.29, 0.717) is 23.7 Å². The third kappa shape index (κ3) is 6.04. The second-order valence-electron chi connectivity index (χ2n) is 9.54. The predicted octanol–water partition coefficient (Wildman–Crippen LogP) is 3.21. The molecule has 1 saturated heterocycles. The van der Waals surface area contributed by atoms with Crippen LogP contribution < -0.4 is 25.6 Å². The largest absolute Gasteiger partial charge is 0.457 e. The second-order valence-corrected chi connectivity index (χ2v) is 9.54. The molecule has 38 heavy (non-hydrogen) atoms. The molecule has 1 amide bonds. The van der Waals surface area contributed by atoms with Crippen molar-refractivity contribution in [2.24, 2.45) is 7.05 Å². The van der Waals surface area contributed by atoms with Gasteiger partial charge in [0, 0.05) is 90.1 Å². The number of rotatable bonds is 9. The molecule has 0 bridgehead atoms. The van der Waals surface area contributed by atoms with Crippen molar-refractivity contribution in [3.63, 3.8) is 0 Å². The highest BCUT2D eigenvalue weighted by Gasteiger charge is 2.13. The Labute approximate surface area is 222 Å². The summed E-state index contributed by atoms with van der Waals surface area (Å²) in [6, 6.07) is 17.4. The molecule has 0 atom stereocenters. The van der Waals surface area contributed by atoms with Crippen LogP contribution in [0.15, 0.2) is 60.8 Å². The fourth-order valence-electron chi connectivity index (χ4n) is 4.41. The molecule has 2 aromatic carbocycles. The predicted molar refractivity (Wildman–Crippen MR) is 151 cm³/mol. The lowest BCUT2D eigenvalue weighted by molar-refractivity contribution is 0.0942. The van der Waals surface area contributed by atoms with Gasteiger partial charge in [0.1, 0.15) is 17.2 Å². The Morgan fingerprint density at radius 3 is 2.58 bits per heavy atom. The van der Waals surface area contributed by atoms with E-state index >= 15 is 0 Å². The minimum absolute atomic E-state index is 0.208. The molecule has 0 spiro atoms. The van der Waals surface area contributed by atoms with Crippen LogP contribution in [0.25, 0.3) is 11.0 Å². The number of carbonyl (C=O) groups is 1. The van der Waals surface area contributed by atoms with Crippen molar-refractivity contribution >= 4 is 34.3 Å². The number of aryl methyl sites for hydroxylation is 1. The number of nitrogens with one attached hydrogen (secondary N) is 3. The highest BCUT2D eigenvalue weighted by Crippen LogP contribution is 2.28. The lowest BCUT2D eigenvalue weighted by atomic mass is 10.2. The summed E-state index contributed by atoms with van der Waals surface area (Å²) >= 11 is 0. The third-order valence-electron chi connectivity index (χ3n) is 6.62. The van der Waals surface area contributed by atoms with E-state index in [1.807, 2.05) is 56.0 Å². The van der Waals surface area contributed by atoms with Gasteiger partial charge >= 0.3 is 0 Å². The average Bonchev–Trinajstić information content (AvgIpc) is 3.23. The first kappa shape index (κ1) is 25.5. The van der Waals surface area contributed by atoms with E-state index in [4.69, 9.17) is 9.72 Å². The smallest absolute Gasteiger partial charge is 0.270 e. The van der Waals surface area contributed by atoms with Crippen molar-refractivity contribution in [2.75, 3.05) is 63.6 Å². The van der Waals surface area contributed by atoms with E-state index in [0.717, 1.165) is 61.1 Å². The van der Waals surface area contributed by atoms with Crippen LogP contribution in [0.1, 0.15) is 10.5 Å². The van der Waals surface area contributed by atoms with Crippen LogP contribution in [0.3, 0.4) is 0 Å². The maximum atomic E-state index is 12.6. The molecule has 1 fully saturated rings. The molecule has 3 N–H and O–H groups in total. The molecular weight excluding hydrogens is 480 g/mol. The topological polar surface area (TPSA) is 99.6 Å². The lowest BCUT2D eigenvalue weighted by Crippen LogP contribution is -2.46. The van der Waals surface area contributed by atoms with E-state index in [1.165, 1.54) is 0 Å². The molecule has 198 valence electrons. The molecule has 2 aromatic heterocycles. The summed E-state index contributed by atoms with van der Waals surface area (Å²) in [6.07, 6.45) is 1.59. The number of nitrogens with zero attached hydrogens (tertiary/aromatic N) is 5. The van der Waals surface area contributed by atoms with Gasteiger partial charge in [0.25, 0.3) is 5.91 Å². The molecule has 1 aliphatic heterocycles. The molecule has 10 nitrogen and oxygen atoms in total. The summed E-state index contributed by atoms with van der Waals surface area (Å²) in [6.45, 7) is 5.38. The normalized spacial score (nSPS) is 13.9. The summed E-state index contributed by atoms with van der Waals surface area (Å²) < 4.78 is 8.08. The molecule has 0 radical (unpaired) electrons. The van der Waals surface area contributed by atoms with Gasteiger partial charge in [-0.25, -0.2) is 4.98 Å². The SMILES string of the molecule is CN(C)c1ccc(Nc2nc3cc(Oc4ccnc(C(=O)NCCN5CCNCC5)c4)ccc3n2C)cc1. The minimum atomic E-state index is -0.208. The van der Waals surface area contributed by atoms with E-state index in [2.05, 4.69) is 42.9 Å². The summed E-state index contributed by atoms with van der Waals surface area (Å²) in [5.74, 6) is 1.70. The van der Waals surface area contributed by atoms with E-state index in [9.17, 15) is 4.79 Å². The van der Waals surface area contributed by atoms with Gasteiger partial charge in [-0.05, 0) is 42.5 Å². The van der Waals surface area contributed by atoms with Crippen LogP contribution in [-0.4, -0.2) is 78.7 Å². The first-order valence-corrected chi connectivity index (χ1v) is 12.8. The Hall–Kier alpha value is -4.15. The molecule has 5 rings (SSSR count). The maximum Gasteiger partial charge on any atom is 0.270 e. The monoisotopic (exact) mass is 514 g/mol. The van der Waals surface area contributed by atoms with Crippen molar-refractivity contribution in [2.45, 2.75) is 0 Å². The summed E-state index contributed by atoms with van der Waals surface area (Å²) in [7, 11) is 6.01. The van der Waals surface area contributed by atoms with Crippen molar-refractivity contribution < 1.29 is 9.53 Å². The van der Waals surface area contributed by atoms with Crippen molar-refractivity contribution in [1.82, 2.24) is 30.1 Å². The molecule has 4 aromatic rings. The van der Waals surface area contributed by atoms with Gasteiger partial charge in [-0.2, -0.15) is 0 Å². The number of benzene rings is 2. The fourth-order valence-corrected chi connectivity index (χ4v) is 4.41. The minimum Gasteiger partial charge on any atom is -0.457 e. The zero-order valence-electron chi connectivity index (χ0n) is 22.1. The van der Waals surface area contributed by atoms with Gasteiger partial charge < -0.3 is 30.2 Å². The van der Waals surface area contributed by atoms with Crippen LogP contribution in [0.2, 0.25) is 0 Å². The third-order valence-corrected chi connectivity index (χ3v) is 6.62. The van der Waals surface area contributed by atoms with Gasteiger partial charge in [0.05, 0.1) is 11.0 Å². The lowest BCUT2D eigenvalue weighted by Gasteiger charge is -2.27. The standard InChI is InChI=1S/C28H34N8O2/c1-34(2)21-6-4-20(5-7-21)32-28-33-24-18-22(8-9-26(24)35(28)3)38-23-10-11-30-25(19-23)27(37)31-14-17-36-15-12-29-13-16-36/h4-11,18-19,29H,12-17H2,1-3H3,(H,31,37)(H,32,33).